The Morgan fingerprint density at radius 3 is 2.41 bits per heavy atom. The molecular formula is C21H32F3NO3S. The predicted molar refractivity (Wildman–Crippen MR) is 104 cm³/mol. The number of hydrogen-bond donors (Lipinski definition) is 0. The van der Waals surface area contributed by atoms with Crippen LogP contribution in [0.5, 0.6) is 0 Å². The molecule has 0 radical (unpaired) electrons. The summed E-state index contributed by atoms with van der Waals surface area (Å²) in [6.07, 6.45) is 9.88. The highest BCUT2D eigenvalue weighted by atomic mass is 32.2. The first kappa shape index (κ1) is 21.5. The van der Waals surface area contributed by atoms with Crippen molar-refractivity contribution in [3.05, 3.63) is 11.8 Å². The minimum absolute atomic E-state index is 0.0247. The van der Waals surface area contributed by atoms with E-state index in [-0.39, 0.29) is 11.7 Å². The Labute approximate surface area is 172 Å². The fraction of sp³-hybridized carbons (Fsp3) is 0.905. The number of halogens is 3. The molecule has 0 N–H and O–H groups in total. The SMILES string of the molecule is CN(C)[C@H]1CCC2[C@@H](CC[C@@H]3[C@@H]2CC[C@]2(C)C(OS(=O)(=O)C(F)(F)F)=CC[C@@H]32)C1. The predicted octanol–water partition coefficient (Wildman–Crippen LogP) is 4.93. The van der Waals surface area contributed by atoms with Gasteiger partial charge in [0.2, 0.25) is 0 Å². The van der Waals surface area contributed by atoms with Gasteiger partial charge in [-0.2, -0.15) is 21.6 Å². The molecule has 0 amide bonds. The van der Waals surface area contributed by atoms with Crippen LogP contribution in [0.1, 0.15) is 58.3 Å². The summed E-state index contributed by atoms with van der Waals surface area (Å²) in [4.78, 5) is 2.34. The van der Waals surface area contributed by atoms with Gasteiger partial charge in [-0.25, -0.2) is 0 Å². The molecule has 4 aliphatic carbocycles. The van der Waals surface area contributed by atoms with Crippen LogP contribution in [-0.4, -0.2) is 39.0 Å². The van der Waals surface area contributed by atoms with Gasteiger partial charge in [-0.1, -0.05) is 6.92 Å². The number of fused-ring (bicyclic) bond motifs is 5. The molecule has 0 aliphatic heterocycles. The number of hydrogen-bond acceptors (Lipinski definition) is 4. The molecule has 4 aliphatic rings. The van der Waals surface area contributed by atoms with Crippen LogP contribution in [0.2, 0.25) is 0 Å². The van der Waals surface area contributed by atoms with Gasteiger partial charge in [-0.3, -0.25) is 0 Å². The monoisotopic (exact) mass is 435 g/mol. The van der Waals surface area contributed by atoms with E-state index in [2.05, 4.69) is 23.2 Å². The minimum Gasteiger partial charge on any atom is -0.380 e. The smallest absolute Gasteiger partial charge is 0.380 e. The third kappa shape index (κ3) is 3.52. The maximum Gasteiger partial charge on any atom is 0.534 e. The third-order valence-electron chi connectivity index (χ3n) is 8.65. The van der Waals surface area contributed by atoms with Gasteiger partial charge in [0.25, 0.3) is 0 Å². The lowest BCUT2D eigenvalue weighted by Gasteiger charge is -2.55. The standard InChI is InChI=1S/C21H32F3NO3S/c1-20-11-10-16-15-7-5-14(25(2)3)12-13(15)4-6-17(16)18(20)8-9-19(20)28-29(26,27)21(22,23)24/h9,13-18H,4-8,10-12H2,1-3H3/t13-,14-,15?,16+,17+,18-,20-/m0/s1. The van der Waals surface area contributed by atoms with E-state index >= 15 is 0 Å². The summed E-state index contributed by atoms with van der Waals surface area (Å²) in [7, 11) is -1.29. The molecular weight excluding hydrogens is 403 g/mol. The van der Waals surface area contributed by atoms with Crippen molar-refractivity contribution in [1.29, 1.82) is 0 Å². The largest absolute Gasteiger partial charge is 0.534 e. The van der Waals surface area contributed by atoms with Gasteiger partial charge in [-0.05, 0) is 101 Å². The molecule has 0 bridgehead atoms. The van der Waals surface area contributed by atoms with Crippen LogP contribution in [0, 0.1) is 35.0 Å². The molecule has 0 aromatic heterocycles. The first-order valence-corrected chi connectivity index (χ1v) is 12.2. The molecule has 4 rings (SSSR count). The number of nitrogens with zero attached hydrogens (tertiary/aromatic N) is 1. The van der Waals surface area contributed by atoms with Gasteiger partial charge in [0.1, 0.15) is 5.76 Å². The van der Waals surface area contributed by atoms with Crippen molar-refractivity contribution in [1.82, 2.24) is 4.90 Å². The summed E-state index contributed by atoms with van der Waals surface area (Å²) >= 11 is 0. The van der Waals surface area contributed by atoms with Gasteiger partial charge in [-0.15, -0.1) is 0 Å². The number of rotatable bonds is 3. The maximum atomic E-state index is 12.8. The number of alkyl halides is 3. The van der Waals surface area contributed by atoms with E-state index in [1.807, 2.05) is 6.92 Å². The van der Waals surface area contributed by atoms with Gasteiger partial charge in [0.15, 0.2) is 0 Å². The van der Waals surface area contributed by atoms with Gasteiger partial charge >= 0.3 is 15.6 Å². The zero-order valence-corrected chi connectivity index (χ0v) is 18.2. The Kier molecular flexibility index (Phi) is 5.29. The van der Waals surface area contributed by atoms with E-state index in [1.165, 1.54) is 25.7 Å². The fourth-order valence-electron chi connectivity index (χ4n) is 7.12. The van der Waals surface area contributed by atoms with Crippen molar-refractivity contribution >= 4 is 10.1 Å². The molecule has 0 saturated heterocycles. The van der Waals surface area contributed by atoms with Crippen LogP contribution in [0.25, 0.3) is 0 Å². The van der Waals surface area contributed by atoms with E-state index in [0.717, 1.165) is 18.8 Å². The summed E-state index contributed by atoms with van der Waals surface area (Å²) in [5.41, 5.74) is -5.99. The normalized spacial score (nSPS) is 42.7. The first-order valence-electron chi connectivity index (χ1n) is 10.8. The Morgan fingerprint density at radius 1 is 1.07 bits per heavy atom. The molecule has 1 unspecified atom stereocenters. The van der Waals surface area contributed by atoms with Crippen molar-refractivity contribution < 1.29 is 25.8 Å². The van der Waals surface area contributed by atoms with Crippen molar-refractivity contribution in [3.8, 4) is 0 Å². The Bertz CT molecular complexity index is 779. The average molecular weight is 436 g/mol. The zero-order chi connectivity index (χ0) is 21.2. The van der Waals surface area contributed by atoms with E-state index < -0.39 is 21.0 Å². The van der Waals surface area contributed by atoms with Gasteiger partial charge in [0.05, 0.1) is 0 Å². The lowest BCUT2D eigenvalue weighted by molar-refractivity contribution is -0.0664. The molecule has 3 fully saturated rings. The Hall–Kier alpha value is -0.760. The summed E-state index contributed by atoms with van der Waals surface area (Å²) in [6, 6.07) is 0.655. The van der Waals surface area contributed by atoms with E-state index in [4.69, 9.17) is 0 Å². The van der Waals surface area contributed by atoms with E-state index in [1.54, 1.807) is 6.08 Å². The van der Waals surface area contributed by atoms with Crippen LogP contribution >= 0.6 is 0 Å². The van der Waals surface area contributed by atoms with Crippen molar-refractivity contribution in [3.63, 3.8) is 0 Å². The van der Waals surface area contributed by atoms with Crippen LogP contribution < -0.4 is 0 Å². The molecule has 166 valence electrons. The second-order valence-corrected chi connectivity index (χ2v) is 11.6. The quantitative estimate of drug-likeness (QED) is 0.466. The molecule has 29 heavy (non-hydrogen) atoms. The van der Waals surface area contributed by atoms with E-state index in [9.17, 15) is 21.6 Å². The molecule has 0 aromatic carbocycles. The summed E-state index contributed by atoms with van der Waals surface area (Å²) in [5, 5.41) is 0. The van der Waals surface area contributed by atoms with Crippen LogP contribution in [0.3, 0.4) is 0 Å². The number of allylic oxidation sites excluding steroid dienone is 2. The van der Waals surface area contributed by atoms with E-state index in [0.29, 0.717) is 36.6 Å². The maximum absolute atomic E-state index is 12.8. The molecule has 7 atom stereocenters. The van der Waals surface area contributed by atoms with Crippen LogP contribution in [0.4, 0.5) is 13.2 Å². The van der Waals surface area contributed by atoms with Crippen molar-refractivity contribution in [2.45, 2.75) is 69.8 Å². The summed E-state index contributed by atoms with van der Waals surface area (Å²) in [5.74, 6) is 2.73. The minimum atomic E-state index is -5.61. The lowest BCUT2D eigenvalue weighted by Crippen LogP contribution is -2.50. The molecule has 0 spiro atoms. The highest BCUT2D eigenvalue weighted by Gasteiger charge is 2.58. The van der Waals surface area contributed by atoms with Crippen LogP contribution in [0.15, 0.2) is 11.8 Å². The first-order chi connectivity index (χ1) is 13.4. The van der Waals surface area contributed by atoms with Crippen LogP contribution in [-0.2, 0) is 14.3 Å². The molecule has 0 aromatic rings. The Morgan fingerprint density at radius 2 is 1.76 bits per heavy atom. The van der Waals surface area contributed by atoms with Crippen molar-refractivity contribution in [2.24, 2.45) is 35.0 Å². The molecule has 4 nitrogen and oxygen atoms in total. The Balaban J connectivity index is 1.49. The van der Waals surface area contributed by atoms with Crippen molar-refractivity contribution in [2.75, 3.05) is 14.1 Å². The second-order valence-electron chi connectivity index (χ2n) is 10.1. The molecule has 8 heteroatoms. The highest BCUT2D eigenvalue weighted by Crippen LogP contribution is 2.63. The highest BCUT2D eigenvalue weighted by molar-refractivity contribution is 7.87. The van der Waals surface area contributed by atoms with Gasteiger partial charge < -0.3 is 9.08 Å². The topological polar surface area (TPSA) is 46.6 Å². The fourth-order valence-corrected chi connectivity index (χ4v) is 7.71. The zero-order valence-electron chi connectivity index (χ0n) is 17.4. The summed E-state index contributed by atoms with van der Waals surface area (Å²) in [6.45, 7) is 1.91. The summed E-state index contributed by atoms with van der Waals surface area (Å²) < 4.78 is 66.3. The molecule has 0 heterocycles. The molecule has 3 saturated carbocycles. The average Bonchev–Trinajstić information content (AvgIpc) is 2.96. The third-order valence-corrected chi connectivity index (χ3v) is 9.62. The van der Waals surface area contributed by atoms with Gasteiger partial charge in [0, 0.05) is 11.5 Å². The second kappa shape index (κ2) is 7.14. The lowest BCUT2D eigenvalue weighted by atomic mass is 9.50.